The van der Waals surface area contributed by atoms with Crippen LogP contribution >= 0.6 is 23.8 Å². The number of hydrogen-bond acceptors (Lipinski definition) is 4. The van der Waals surface area contributed by atoms with Gasteiger partial charge in [0.2, 0.25) is 0 Å². The summed E-state index contributed by atoms with van der Waals surface area (Å²) in [5, 5.41) is 6.08. The first-order valence-electron chi connectivity index (χ1n) is 7.19. The highest BCUT2D eigenvalue weighted by atomic mass is 35.5. The van der Waals surface area contributed by atoms with E-state index in [1.54, 1.807) is 55.6 Å². The van der Waals surface area contributed by atoms with Gasteiger partial charge in [-0.1, -0.05) is 23.7 Å². The van der Waals surface area contributed by atoms with Crippen LogP contribution in [-0.2, 0) is 4.74 Å². The molecule has 0 aromatic heterocycles. The molecule has 0 aliphatic heterocycles. The molecule has 2 aromatic carbocycles. The van der Waals surface area contributed by atoms with Crippen molar-refractivity contribution in [2.45, 2.75) is 0 Å². The second-order valence-corrected chi connectivity index (χ2v) is 5.57. The van der Waals surface area contributed by atoms with E-state index in [-0.39, 0.29) is 11.0 Å². The molecule has 0 atom stereocenters. The van der Waals surface area contributed by atoms with E-state index >= 15 is 0 Å². The van der Waals surface area contributed by atoms with Crippen LogP contribution in [0.25, 0.3) is 0 Å². The molecule has 126 valence electrons. The zero-order valence-electron chi connectivity index (χ0n) is 13.0. The molecule has 0 heterocycles. The molecule has 24 heavy (non-hydrogen) atoms. The first-order chi connectivity index (χ1) is 11.6. The average molecular weight is 365 g/mol. The minimum Gasteiger partial charge on any atom is -0.491 e. The fraction of sp³-hybridized carbons (Fsp3) is 0.176. The zero-order valence-corrected chi connectivity index (χ0v) is 14.6. The first kappa shape index (κ1) is 18.2. The summed E-state index contributed by atoms with van der Waals surface area (Å²) >= 11 is 11.1. The van der Waals surface area contributed by atoms with Crippen molar-refractivity contribution >= 4 is 40.5 Å². The van der Waals surface area contributed by atoms with Crippen LogP contribution in [0, 0.1) is 0 Å². The Bertz CT molecular complexity index is 707. The van der Waals surface area contributed by atoms with E-state index in [0.29, 0.717) is 23.8 Å². The van der Waals surface area contributed by atoms with Crippen LogP contribution in [0.5, 0.6) is 5.75 Å². The topological polar surface area (TPSA) is 59.6 Å². The number of benzene rings is 2. The Morgan fingerprint density at radius 2 is 1.83 bits per heavy atom. The van der Waals surface area contributed by atoms with Gasteiger partial charge in [0.05, 0.1) is 17.2 Å². The van der Waals surface area contributed by atoms with Crippen LogP contribution in [0.2, 0.25) is 5.02 Å². The summed E-state index contributed by atoms with van der Waals surface area (Å²) in [6.07, 6.45) is 0. The first-order valence-corrected chi connectivity index (χ1v) is 7.97. The maximum atomic E-state index is 12.1. The zero-order chi connectivity index (χ0) is 17.4. The molecule has 0 bridgehead atoms. The lowest BCUT2D eigenvalue weighted by Crippen LogP contribution is -2.34. The average Bonchev–Trinajstić information content (AvgIpc) is 2.57. The number of nitrogens with one attached hydrogen (secondary N) is 2. The molecular formula is C17H17ClN2O3S. The molecule has 0 unspecified atom stereocenters. The van der Waals surface area contributed by atoms with Crippen LogP contribution in [0.15, 0.2) is 48.5 Å². The van der Waals surface area contributed by atoms with Crippen LogP contribution in [0.1, 0.15) is 10.4 Å². The molecule has 5 nitrogen and oxygen atoms in total. The van der Waals surface area contributed by atoms with E-state index in [1.807, 2.05) is 0 Å². The normalized spacial score (nSPS) is 10.1. The van der Waals surface area contributed by atoms with Gasteiger partial charge in [-0.05, 0) is 48.6 Å². The Balaban J connectivity index is 1.88. The summed E-state index contributed by atoms with van der Waals surface area (Å²) in [5.74, 6) is 0.362. The quantitative estimate of drug-likeness (QED) is 0.607. The smallest absolute Gasteiger partial charge is 0.258 e. The lowest BCUT2D eigenvalue weighted by Gasteiger charge is -2.11. The van der Waals surface area contributed by atoms with Gasteiger partial charge in [0.25, 0.3) is 5.91 Å². The van der Waals surface area contributed by atoms with Crippen molar-refractivity contribution in [3.05, 3.63) is 59.1 Å². The lowest BCUT2D eigenvalue weighted by molar-refractivity contribution is 0.0978. The van der Waals surface area contributed by atoms with Gasteiger partial charge in [0.1, 0.15) is 12.4 Å². The Hall–Kier alpha value is -2.15. The van der Waals surface area contributed by atoms with Gasteiger partial charge in [0, 0.05) is 12.8 Å². The Labute approximate surface area is 150 Å². The van der Waals surface area contributed by atoms with E-state index in [9.17, 15) is 4.79 Å². The minimum absolute atomic E-state index is 0.188. The highest BCUT2D eigenvalue weighted by Gasteiger charge is 2.11. The van der Waals surface area contributed by atoms with E-state index in [1.165, 1.54) is 0 Å². The van der Waals surface area contributed by atoms with Crippen LogP contribution in [-0.4, -0.2) is 31.3 Å². The highest BCUT2D eigenvalue weighted by Crippen LogP contribution is 2.16. The number of ether oxygens (including phenoxy) is 2. The number of carbonyl (C=O) groups is 1. The predicted octanol–water partition coefficient (Wildman–Crippen LogP) is 3.49. The molecule has 1 amide bonds. The third-order valence-corrected chi connectivity index (χ3v) is 3.55. The SMILES string of the molecule is COCCOc1ccc(NC(=S)NC(=O)c2ccccc2Cl)cc1. The second kappa shape index (κ2) is 9.22. The molecule has 0 aliphatic rings. The van der Waals surface area contributed by atoms with Crippen molar-refractivity contribution in [2.75, 3.05) is 25.6 Å². The number of rotatable bonds is 6. The summed E-state index contributed by atoms with van der Waals surface area (Å²) in [6.45, 7) is 1.01. The minimum atomic E-state index is -0.363. The molecule has 2 N–H and O–H groups in total. The molecule has 2 aromatic rings. The third-order valence-electron chi connectivity index (χ3n) is 3.01. The molecule has 0 radical (unpaired) electrons. The number of halogens is 1. The van der Waals surface area contributed by atoms with Gasteiger partial charge in [0.15, 0.2) is 5.11 Å². The van der Waals surface area contributed by atoms with Crippen LogP contribution in [0.4, 0.5) is 5.69 Å². The highest BCUT2D eigenvalue weighted by molar-refractivity contribution is 7.80. The van der Waals surface area contributed by atoms with Crippen molar-refractivity contribution in [3.8, 4) is 5.75 Å². The lowest BCUT2D eigenvalue weighted by atomic mass is 10.2. The van der Waals surface area contributed by atoms with Gasteiger partial charge in [-0.2, -0.15) is 0 Å². The Morgan fingerprint density at radius 1 is 1.12 bits per heavy atom. The monoisotopic (exact) mass is 364 g/mol. The van der Waals surface area contributed by atoms with Gasteiger partial charge in [-0.15, -0.1) is 0 Å². The van der Waals surface area contributed by atoms with Gasteiger partial charge < -0.3 is 14.8 Å². The van der Waals surface area contributed by atoms with Crippen molar-refractivity contribution in [1.29, 1.82) is 0 Å². The maximum absolute atomic E-state index is 12.1. The molecule has 0 saturated carbocycles. The van der Waals surface area contributed by atoms with Gasteiger partial charge in [-0.25, -0.2) is 0 Å². The Kier molecular flexibility index (Phi) is 6.99. The molecule has 0 spiro atoms. The van der Waals surface area contributed by atoms with E-state index in [4.69, 9.17) is 33.3 Å². The van der Waals surface area contributed by atoms with Crippen molar-refractivity contribution < 1.29 is 14.3 Å². The van der Waals surface area contributed by atoms with Crippen molar-refractivity contribution in [1.82, 2.24) is 5.32 Å². The molecule has 0 aliphatic carbocycles. The fourth-order valence-electron chi connectivity index (χ4n) is 1.86. The van der Waals surface area contributed by atoms with Crippen LogP contribution < -0.4 is 15.4 Å². The number of amides is 1. The summed E-state index contributed by atoms with van der Waals surface area (Å²) in [6, 6.07) is 14.0. The number of carbonyl (C=O) groups excluding carboxylic acids is 1. The predicted molar refractivity (Wildman–Crippen MR) is 99.0 cm³/mol. The van der Waals surface area contributed by atoms with E-state index < -0.39 is 0 Å². The van der Waals surface area contributed by atoms with Crippen molar-refractivity contribution in [2.24, 2.45) is 0 Å². The standard InChI is InChI=1S/C17H17ClN2O3S/c1-22-10-11-23-13-8-6-12(7-9-13)19-17(24)20-16(21)14-4-2-3-5-15(14)18/h2-9H,10-11H2,1H3,(H2,19,20,21,24). The summed E-state index contributed by atoms with van der Waals surface area (Å²) in [7, 11) is 1.62. The Morgan fingerprint density at radius 3 is 2.50 bits per heavy atom. The summed E-state index contributed by atoms with van der Waals surface area (Å²) in [4.78, 5) is 12.1. The van der Waals surface area contributed by atoms with Crippen molar-refractivity contribution in [3.63, 3.8) is 0 Å². The third kappa shape index (κ3) is 5.49. The molecule has 0 saturated heterocycles. The van der Waals surface area contributed by atoms with Gasteiger partial charge in [-0.3, -0.25) is 10.1 Å². The molecule has 0 fully saturated rings. The van der Waals surface area contributed by atoms with E-state index in [0.717, 1.165) is 11.4 Å². The molecule has 2 rings (SSSR count). The summed E-state index contributed by atoms with van der Waals surface area (Å²) in [5.41, 5.74) is 1.10. The number of methoxy groups -OCH3 is 1. The largest absolute Gasteiger partial charge is 0.491 e. The fourth-order valence-corrected chi connectivity index (χ4v) is 2.29. The van der Waals surface area contributed by atoms with Gasteiger partial charge >= 0.3 is 0 Å². The number of anilines is 1. The second-order valence-electron chi connectivity index (χ2n) is 4.75. The number of thiocarbonyl (C=S) groups is 1. The molecule has 7 heteroatoms. The number of hydrogen-bond donors (Lipinski definition) is 2. The van der Waals surface area contributed by atoms with Crippen LogP contribution in [0.3, 0.4) is 0 Å². The van der Waals surface area contributed by atoms with E-state index in [2.05, 4.69) is 10.6 Å². The maximum Gasteiger partial charge on any atom is 0.258 e. The molecular weight excluding hydrogens is 348 g/mol. The summed E-state index contributed by atoms with van der Waals surface area (Å²) < 4.78 is 10.4.